The monoisotopic (exact) mass is 368 g/mol. The van der Waals surface area contributed by atoms with Gasteiger partial charge in [0.25, 0.3) is 5.56 Å². The van der Waals surface area contributed by atoms with Crippen LogP contribution in [-0.2, 0) is 0 Å². The van der Waals surface area contributed by atoms with Crippen LogP contribution in [0.4, 0.5) is 0 Å². The summed E-state index contributed by atoms with van der Waals surface area (Å²) >= 11 is 13.6. The normalized spacial score (nSPS) is 10.9. The van der Waals surface area contributed by atoms with Gasteiger partial charge in [0.2, 0.25) is 0 Å². The molecular formula is C12H6BrClN4OS. The van der Waals surface area contributed by atoms with Crippen LogP contribution in [0, 0.1) is 0 Å². The molecule has 0 unspecified atom stereocenters. The van der Waals surface area contributed by atoms with Crippen LogP contribution in [-0.4, -0.2) is 19.9 Å². The predicted molar refractivity (Wildman–Crippen MR) is 83.4 cm³/mol. The molecule has 100 valence electrons. The van der Waals surface area contributed by atoms with Crippen LogP contribution >= 0.6 is 40.2 Å². The fourth-order valence-corrected chi connectivity index (χ4v) is 2.59. The highest BCUT2D eigenvalue weighted by molar-refractivity contribution is 9.10. The molecule has 0 amide bonds. The van der Waals surface area contributed by atoms with Gasteiger partial charge in [-0.15, -0.1) is 12.6 Å². The van der Waals surface area contributed by atoms with E-state index in [0.29, 0.717) is 31.8 Å². The highest BCUT2D eigenvalue weighted by Gasteiger charge is 2.13. The van der Waals surface area contributed by atoms with Gasteiger partial charge in [-0.1, -0.05) is 11.6 Å². The number of thiol groups is 1. The van der Waals surface area contributed by atoms with Gasteiger partial charge in [0.1, 0.15) is 4.60 Å². The Labute approximate surface area is 132 Å². The average molecular weight is 370 g/mol. The number of hydrogen-bond acceptors (Lipinski definition) is 5. The molecule has 0 saturated carbocycles. The lowest BCUT2D eigenvalue weighted by atomic mass is 10.1. The third kappa shape index (κ3) is 2.32. The molecule has 3 rings (SSSR count). The Bertz CT molecular complexity index is 866. The van der Waals surface area contributed by atoms with Gasteiger partial charge in [-0.3, -0.25) is 9.78 Å². The maximum Gasteiger partial charge on any atom is 0.260 e. The Morgan fingerprint density at radius 3 is 2.75 bits per heavy atom. The highest BCUT2D eigenvalue weighted by Crippen LogP contribution is 2.31. The molecule has 0 aliphatic heterocycles. The topological polar surface area (TPSA) is 71.5 Å². The molecule has 0 spiro atoms. The van der Waals surface area contributed by atoms with Gasteiger partial charge < -0.3 is 4.98 Å². The van der Waals surface area contributed by atoms with Crippen molar-refractivity contribution in [3.63, 3.8) is 0 Å². The Hall–Kier alpha value is -1.44. The zero-order valence-electron chi connectivity index (χ0n) is 9.76. The summed E-state index contributed by atoms with van der Waals surface area (Å²) in [5, 5.41) is 0.850. The number of nitrogens with zero attached hydrogens (tertiary/aromatic N) is 3. The van der Waals surface area contributed by atoms with E-state index in [9.17, 15) is 4.79 Å². The Morgan fingerprint density at radius 2 is 2.05 bits per heavy atom. The van der Waals surface area contributed by atoms with E-state index in [1.54, 1.807) is 24.5 Å². The number of rotatable bonds is 1. The van der Waals surface area contributed by atoms with E-state index in [4.69, 9.17) is 11.6 Å². The van der Waals surface area contributed by atoms with Gasteiger partial charge in [0, 0.05) is 5.56 Å². The summed E-state index contributed by atoms with van der Waals surface area (Å²) in [5.74, 6) is 0. The van der Waals surface area contributed by atoms with Gasteiger partial charge >= 0.3 is 0 Å². The molecule has 0 aliphatic rings. The second-order valence-corrected chi connectivity index (χ2v) is 5.55. The van der Waals surface area contributed by atoms with Crippen molar-refractivity contribution in [2.24, 2.45) is 0 Å². The summed E-state index contributed by atoms with van der Waals surface area (Å²) in [7, 11) is 0. The quantitative estimate of drug-likeness (QED) is 0.511. The van der Waals surface area contributed by atoms with Gasteiger partial charge in [-0.05, 0) is 28.1 Å². The first kappa shape index (κ1) is 13.5. The van der Waals surface area contributed by atoms with Crippen LogP contribution in [0.2, 0.25) is 5.02 Å². The van der Waals surface area contributed by atoms with E-state index in [1.807, 2.05) is 0 Å². The minimum absolute atomic E-state index is 0.245. The van der Waals surface area contributed by atoms with Crippen molar-refractivity contribution in [1.82, 2.24) is 19.9 Å². The number of nitrogens with one attached hydrogen (secondary N) is 1. The van der Waals surface area contributed by atoms with E-state index >= 15 is 0 Å². The predicted octanol–water partition coefficient (Wildman–Crippen LogP) is 3.08. The zero-order chi connectivity index (χ0) is 14.3. The van der Waals surface area contributed by atoms with Crippen LogP contribution in [0.15, 0.2) is 39.1 Å². The van der Waals surface area contributed by atoms with Gasteiger partial charge in [-0.2, -0.15) is 0 Å². The molecule has 0 atom stereocenters. The zero-order valence-corrected chi connectivity index (χ0v) is 13.0. The standard InChI is InChI=1S/C12H6BrClN4OS/c13-8-4-15-7(3-16-8)5-1-2-6-9(10(5)14)11(19)18-12(20)17-6/h1-4H,(H2,17,18,19,20). The highest BCUT2D eigenvalue weighted by atomic mass is 79.9. The van der Waals surface area contributed by atoms with Crippen molar-refractivity contribution >= 4 is 51.1 Å². The molecule has 0 radical (unpaired) electrons. The minimum atomic E-state index is -0.336. The third-order valence-corrected chi connectivity index (χ3v) is 3.71. The SMILES string of the molecule is O=c1[nH]c(S)nc2ccc(-c3cnc(Br)cn3)c(Cl)c12. The Balaban J connectivity index is 2.31. The van der Waals surface area contributed by atoms with Crippen molar-refractivity contribution in [3.05, 3.63) is 44.5 Å². The molecule has 2 aromatic heterocycles. The third-order valence-electron chi connectivity index (χ3n) is 2.70. The van der Waals surface area contributed by atoms with Gasteiger partial charge in [0.05, 0.1) is 34.0 Å². The largest absolute Gasteiger partial charge is 0.301 e. The molecule has 0 aliphatic carbocycles. The van der Waals surface area contributed by atoms with Crippen LogP contribution in [0.5, 0.6) is 0 Å². The minimum Gasteiger partial charge on any atom is -0.301 e. The summed E-state index contributed by atoms with van der Waals surface area (Å²) in [4.78, 5) is 26.9. The lowest BCUT2D eigenvalue weighted by Crippen LogP contribution is -2.09. The van der Waals surface area contributed by atoms with E-state index in [0.717, 1.165) is 0 Å². The molecule has 20 heavy (non-hydrogen) atoms. The smallest absolute Gasteiger partial charge is 0.260 e. The first-order chi connectivity index (χ1) is 9.56. The summed E-state index contributed by atoms with van der Waals surface area (Å²) in [6, 6.07) is 3.46. The van der Waals surface area contributed by atoms with Gasteiger partial charge in [-0.25, -0.2) is 9.97 Å². The second kappa shape index (κ2) is 5.16. The number of halogens is 2. The molecule has 0 saturated heterocycles. The summed E-state index contributed by atoms with van der Waals surface area (Å²) < 4.78 is 0.623. The van der Waals surface area contributed by atoms with E-state index in [2.05, 4.69) is 48.5 Å². The first-order valence-corrected chi connectivity index (χ1v) is 7.07. The number of aromatic nitrogens is 4. The average Bonchev–Trinajstić information content (AvgIpc) is 2.39. The summed E-state index contributed by atoms with van der Waals surface area (Å²) in [5.41, 5.74) is 1.35. The maximum absolute atomic E-state index is 12.0. The molecular weight excluding hydrogens is 364 g/mol. The van der Waals surface area contributed by atoms with Crippen molar-refractivity contribution in [2.45, 2.75) is 5.16 Å². The summed E-state index contributed by atoms with van der Waals surface area (Å²) in [6.07, 6.45) is 3.14. The Kier molecular flexibility index (Phi) is 3.49. The van der Waals surface area contributed by atoms with Crippen LogP contribution in [0.3, 0.4) is 0 Å². The molecule has 3 aromatic rings. The molecule has 1 N–H and O–H groups in total. The van der Waals surface area contributed by atoms with Crippen molar-refractivity contribution in [2.75, 3.05) is 0 Å². The fourth-order valence-electron chi connectivity index (χ4n) is 1.83. The Morgan fingerprint density at radius 1 is 1.25 bits per heavy atom. The lowest BCUT2D eigenvalue weighted by Gasteiger charge is -2.06. The van der Waals surface area contributed by atoms with E-state index in [1.165, 1.54) is 0 Å². The molecule has 2 heterocycles. The molecule has 0 fully saturated rings. The maximum atomic E-state index is 12.0. The number of aromatic amines is 1. The van der Waals surface area contributed by atoms with Crippen molar-refractivity contribution in [3.8, 4) is 11.3 Å². The first-order valence-electron chi connectivity index (χ1n) is 5.45. The van der Waals surface area contributed by atoms with Gasteiger partial charge in [0.15, 0.2) is 5.16 Å². The molecule has 5 nitrogen and oxygen atoms in total. The molecule has 8 heteroatoms. The van der Waals surface area contributed by atoms with E-state index < -0.39 is 0 Å². The molecule has 0 bridgehead atoms. The summed E-state index contributed by atoms with van der Waals surface area (Å²) in [6.45, 7) is 0. The second-order valence-electron chi connectivity index (χ2n) is 3.94. The van der Waals surface area contributed by atoms with Crippen molar-refractivity contribution < 1.29 is 0 Å². The number of hydrogen-bond donors (Lipinski definition) is 2. The fraction of sp³-hybridized carbons (Fsp3) is 0. The number of benzene rings is 1. The van der Waals surface area contributed by atoms with Crippen LogP contribution < -0.4 is 5.56 Å². The van der Waals surface area contributed by atoms with Crippen LogP contribution in [0.1, 0.15) is 0 Å². The molecule has 1 aromatic carbocycles. The lowest BCUT2D eigenvalue weighted by molar-refractivity contribution is 0.982. The number of H-pyrrole nitrogens is 1. The van der Waals surface area contributed by atoms with E-state index in [-0.39, 0.29) is 10.7 Å². The van der Waals surface area contributed by atoms with Crippen LogP contribution in [0.25, 0.3) is 22.2 Å². The van der Waals surface area contributed by atoms with Crippen molar-refractivity contribution in [1.29, 1.82) is 0 Å². The number of fused-ring (bicyclic) bond motifs is 1.